The summed E-state index contributed by atoms with van der Waals surface area (Å²) in [5, 5.41) is 8.90. The second kappa shape index (κ2) is 4.93. The molecule has 0 saturated carbocycles. The molecule has 0 radical (unpaired) electrons. The van der Waals surface area contributed by atoms with Crippen LogP contribution in [0.3, 0.4) is 0 Å². The van der Waals surface area contributed by atoms with E-state index >= 15 is 0 Å². The molecule has 0 fully saturated rings. The Morgan fingerprint density at radius 1 is 1.57 bits per heavy atom. The molecule has 1 aromatic rings. The number of hydrogen-bond donors (Lipinski definition) is 0. The van der Waals surface area contributed by atoms with Crippen molar-refractivity contribution < 1.29 is 4.74 Å². The largest absolute Gasteiger partial charge is 0.495 e. The van der Waals surface area contributed by atoms with Crippen LogP contribution in [0.1, 0.15) is 0 Å². The molecule has 0 N–H and O–H groups in total. The zero-order valence-corrected chi connectivity index (χ0v) is 8.10. The molecule has 0 aliphatic carbocycles. The quantitative estimate of drug-likeness (QED) is 0.412. The number of hydrogen-bond acceptors (Lipinski definition) is 3. The second-order valence-electron chi connectivity index (χ2n) is 2.67. The Bertz CT molecular complexity index is 355. The highest BCUT2D eigenvalue weighted by molar-refractivity contribution is 5.61. The predicted molar refractivity (Wildman–Crippen MR) is 56.2 cm³/mol. The third kappa shape index (κ3) is 2.05. The van der Waals surface area contributed by atoms with Crippen molar-refractivity contribution in [2.45, 2.75) is 0 Å². The zero-order valence-electron chi connectivity index (χ0n) is 8.10. The second-order valence-corrected chi connectivity index (χ2v) is 2.67. The average Bonchev–Trinajstić information content (AvgIpc) is 2.26. The van der Waals surface area contributed by atoms with E-state index in [9.17, 15) is 0 Å². The van der Waals surface area contributed by atoms with Gasteiger partial charge < -0.3 is 4.74 Å². The van der Waals surface area contributed by atoms with E-state index in [0.29, 0.717) is 12.3 Å². The smallest absolute Gasteiger partial charge is 0.184 e. The molecule has 72 valence electrons. The molecule has 0 aliphatic heterocycles. The van der Waals surface area contributed by atoms with Gasteiger partial charge in [0.15, 0.2) is 6.19 Å². The van der Waals surface area contributed by atoms with Gasteiger partial charge in [0.05, 0.1) is 19.3 Å². The average molecular weight is 188 g/mol. The van der Waals surface area contributed by atoms with E-state index in [1.807, 2.05) is 24.3 Å². The van der Waals surface area contributed by atoms with Gasteiger partial charge in [0.25, 0.3) is 0 Å². The van der Waals surface area contributed by atoms with Gasteiger partial charge in [0.2, 0.25) is 0 Å². The Hall–Kier alpha value is -1.95. The molecule has 0 amide bonds. The van der Waals surface area contributed by atoms with Crippen molar-refractivity contribution >= 4 is 5.69 Å². The van der Waals surface area contributed by atoms with Gasteiger partial charge in [-0.05, 0) is 12.1 Å². The van der Waals surface area contributed by atoms with E-state index in [0.717, 1.165) is 5.69 Å². The van der Waals surface area contributed by atoms with Crippen molar-refractivity contribution in [1.29, 1.82) is 5.26 Å². The number of ether oxygens (including phenoxy) is 1. The monoisotopic (exact) mass is 188 g/mol. The Kier molecular flexibility index (Phi) is 3.57. The summed E-state index contributed by atoms with van der Waals surface area (Å²) in [5.41, 5.74) is 0.761. The molecule has 0 heterocycles. The maximum Gasteiger partial charge on any atom is 0.184 e. The summed E-state index contributed by atoms with van der Waals surface area (Å²) < 4.78 is 5.15. The summed E-state index contributed by atoms with van der Waals surface area (Å²) >= 11 is 0. The topological polar surface area (TPSA) is 36.3 Å². The Labute approximate surface area is 83.8 Å². The van der Waals surface area contributed by atoms with Crippen molar-refractivity contribution in [2.75, 3.05) is 18.6 Å². The lowest BCUT2D eigenvalue weighted by atomic mass is 10.2. The van der Waals surface area contributed by atoms with Crippen LogP contribution >= 0.6 is 0 Å². The van der Waals surface area contributed by atoms with E-state index in [2.05, 4.69) is 12.8 Å². The lowest BCUT2D eigenvalue weighted by molar-refractivity contribution is 0.415. The molecular weight excluding hydrogens is 176 g/mol. The highest BCUT2D eigenvalue weighted by Gasteiger charge is 2.08. The summed E-state index contributed by atoms with van der Waals surface area (Å²) in [6.07, 6.45) is 3.75. The summed E-state index contributed by atoms with van der Waals surface area (Å²) in [6, 6.07) is 7.39. The summed E-state index contributed by atoms with van der Waals surface area (Å²) in [6.45, 7) is 4.08. The molecule has 0 spiro atoms. The fourth-order valence-corrected chi connectivity index (χ4v) is 1.17. The minimum absolute atomic E-state index is 0.483. The summed E-state index contributed by atoms with van der Waals surface area (Å²) in [7, 11) is 1.59. The molecule has 0 aromatic heterocycles. The summed E-state index contributed by atoms with van der Waals surface area (Å²) in [5.74, 6) is 0.691. The molecular formula is C11H12N2O. The third-order valence-corrected chi connectivity index (χ3v) is 1.81. The van der Waals surface area contributed by atoms with Crippen LogP contribution in [0.2, 0.25) is 0 Å². The fraction of sp³-hybridized carbons (Fsp3) is 0.182. The van der Waals surface area contributed by atoms with Gasteiger partial charge in [-0.3, -0.25) is 4.90 Å². The number of benzene rings is 1. The standard InChI is InChI=1S/C11H12N2O/c1-3-8-13(9-12)10-6-4-5-7-11(10)14-2/h3-7H,1,8H2,2H3. The number of para-hydroxylation sites is 2. The molecule has 14 heavy (non-hydrogen) atoms. The molecule has 0 unspecified atom stereocenters. The molecule has 0 saturated heterocycles. The molecule has 3 heteroatoms. The van der Waals surface area contributed by atoms with E-state index in [4.69, 9.17) is 10.00 Å². The van der Waals surface area contributed by atoms with Crippen LogP contribution in [0.4, 0.5) is 5.69 Å². The molecule has 0 bridgehead atoms. The fourth-order valence-electron chi connectivity index (χ4n) is 1.17. The molecule has 1 aromatic carbocycles. The van der Waals surface area contributed by atoms with Crippen molar-refractivity contribution in [1.82, 2.24) is 0 Å². The van der Waals surface area contributed by atoms with Gasteiger partial charge >= 0.3 is 0 Å². The molecule has 0 aliphatic rings. The summed E-state index contributed by atoms with van der Waals surface area (Å²) in [4.78, 5) is 1.52. The first-order valence-corrected chi connectivity index (χ1v) is 4.24. The minimum Gasteiger partial charge on any atom is -0.495 e. The van der Waals surface area contributed by atoms with Crippen molar-refractivity contribution in [2.24, 2.45) is 0 Å². The van der Waals surface area contributed by atoms with Crippen LogP contribution in [-0.2, 0) is 0 Å². The highest BCUT2D eigenvalue weighted by Crippen LogP contribution is 2.26. The Morgan fingerprint density at radius 3 is 2.86 bits per heavy atom. The van der Waals surface area contributed by atoms with Crippen LogP contribution in [0.25, 0.3) is 0 Å². The number of nitrogens with zero attached hydrogens (tertiary/aromatic N) is 2. The van der Waals surface area contributed by atoms with Crippen molar-refractivity contribution in [3.63, 3.8) is 0 Å². The predicted octanol–water partition coefficient (Wildman–Crippen LogP) is 2.17. The van der Waals surface area contributed by atoms with Crippen molar-refractivity contribution in [3.05, 3.63) is 36.9 Å². The molecule has 0 atom stereocenters. The maximum absolute atomic E-state index is 8.90. The van der Waals surface area contributed by atoms with Crippen LogP contribution in [-0.4, -0.2) is 13.7 Å². The molecule has 3 nitrogen and oxygen atoms in total. The van der Waals surface area contributed by atoms with Crippen LogP contribution in [0, 0.1) is 11.5 Å². The Balaban J connectivity index is 3.03. The Morgan fingerprint density at radius 2 is 2.29 bits per heavy atom. The van der Waals surface area contributed by atoms with Gasteiger partial charge in [-0.15, -0.1) is 6.58 Å². The van der Waals surface area contributed by atoms with Crippen LogP contribution in [0.5, 0.6) is 5.75 Å². The van der Waals surface area contributed by atoms with E-state index in [1.165, 1.54) is 4.90 Å². The maximum atomic E-state index is 8.90. The van der Waals surface area contributed by atoms with Gasteiger partial charge in [0, 0.05) is 0 Å². The number of anilines is 1. The van der Waals surface area contributed by atoms with E-state index in [-0.39, 0.29) is 0 Å². The number of rotatable bonds is 4. The SMILES string of the molecule is C=CCN(C#N)c1ccccc1OC. The lowest BCUT2D eigenvalue weighted by Gasteiger charge is -2.16. The highest BCUT2D eigenvalue weighted by atomic mass is 16.5. The first-order valence-electron chi connectivity index (χ1n) is 4.24. The van der Waals surface area contributed by atoms with Crippen molar-refractivity contribution in [3.8, 4) is 11.9 Å². The van der Waals surface area contributed by atoms with Gasteiger partial charge in [-0.25, -0.2) is 0 Å². The van der Waals surface area contributed by atoms with Gasteiger partial charge in [-0.2, -0.15) is 5.26 Å². The van der Waals surface area contributed by atoms with E-state index < -0.39 is 0 Å². The number of nitriles is 1. The zero-order chi connectivity index (χ0) is 10.4. The third-order valence-electron chi connectivity index (χ3n) is 1.81. The first-order chi connectivity index (χ1) is 6.83. The van der Waals surface area contributed by atoms with Crippen LogP contribution < -0.4 is 9.64 Å². The van der Waals surface area contributed by atoms with Gasteiger partial charge in [0.1, 0.15) is 5.75 Å². The van der Waals surface area contributed by atoms with Gasteiger partial charge in [-0.1, -0.05) is 18.2 Å². The van der Waals surface area contributed by atoms with Crippen LogP contribution in [0.15, 0.2) is 36.9 Å². The minimum atomic E-state index is 0.483. The lowest BCUT2D eigenvalue weighted by Crippen LogP contribution is -2.16. The normalized spacial score (nSPS) is 8.86. The van der Waals surface area contributed by atoms with E-state index in [1.54, 1.807) is 13.2 Å². The molecule has 1 rings (SSSR count). The number of methoxy groups -OCH3 is 1. The first kappa shape index (κ1) is 10.1.